The highest BCUT2D eigenvalue weighted by Crippen LogP contribution is 2.33. The first-order valence-corrected chi connectivity index (χ1v) is 10.8. The fourth-order valence-corrected chi connectivity index (χ4v) is 4.89. The number of para-hydroxylation sites is 2. The van der Waals surface area contributed by atoms with Crippen LogP contribution in [0.5, 0.6) is 0 Å². The van der Waals surface area contributed by atoms with Gasteiger partial charge in [0.25, 0.3) is 0 Å². The van der Waals surface area contributed by atoms with E-state index in [0.29, 0.717) is 11.2 Å². The van der Waals surface area contributed by atoms with Crippen LogP contribution >= 0.6 is 11.8 Å². The Balaban J connectivity index is 1.76. The van der Waals surface area contributed by atoms with Gasteiger partial charge in [-0.15, -0.1) is 0 Å². The van der Waals surface area contributed by atoms with Crippen molar-refractivity contribution in [3.63, 3.8) is 0 Å². The molecule has 0 saturated carbocycles. The molecule has 2 aromatic heterocycles. The van der Waals surface area contributed by atoms with Crippen molar-refractivity contribution in [3.8, 4) is 6.07 Å². The monoisotopic (exact) mass is 414 g/mol. The van der Waals surface area contributed by atoms with Crippen LogP contribution in [0.3, 0.4) is 0 Å². The second-order valence-electron chi connectivity index (χ2n) is 7.21. The van der Waals surface area contributed by atoms with E-state index >= 15 is 0 Å². The minimum atomic E-state index is -0.0627. The lowest BCUT2D eigenvalue weighted by Crippen LogP contribution is -2.15. The van der Waals surface area contributed by atoms with E-state index in [-0.39, 0.29) is 11.7 Å². The molecule has 0 aliphatic rings. The average molecular weight is 415 g/mol. The van der Waals surface area contributed by atoms with Crippen molar-refractivity contribution in [1.82, 2.24) is 9.38 Å². The van der Waals surface area contributed by atoms with Crippen LogP contribution in [0.4, 0.5) is 5.69 Å². The molecule has 0 aliphatic carbocycles. The van der Waals surface area contributed by atoms with Crippen LogP contribution in [-0.4, -0.2) is 21.0 Å². The highest BCUT2D eigenvalue weighted by Gasteiger charge is 2.20. The van der Waals surface area contributed by atoms with Gasteiger partial charge in [-0.2, -0.15) is 5.26 Å². The van der Waals surface area contributed by atoms with E-state index < -0.39 is 0 Å². The second-order valence-corrected chi connectivity index (χ2v) is 8.18. The minimum Gasteiger partial charge on any atom is -0.325 e. The summed E-state index contributed by atoms with van der Waals surface area (Å²) >= 11 is 1.49. The van der Waals surface area contributed by atoms with Crippen molar-refractivity contribution < 1.29 is 4.79 Å². The zero-order chi connectivity index (χ0) is 21.3. The zero-order valence-electron chi connectivity index (χ0n) is 17.2. The number of aryl methyl sites for hydroxylation is 1. The van der Waals surface area contributed by atoms with Crippen LogP contribution in [0.1, 0.15) is 29.2 Å². The molecule has 2 heterocycles. The molecule has 6 heteroatoms. The number of anilines is 1. The summed E-state index contributed by atoms with van der Waals surface area (Å²) in [6.45, 7) is 6.04. The Morgan fingerprint density at radius 3 is 2.73 bits per heavy atom. The second kappa shape index (κ2) is 8.21. The van der Waals surface area contributed by atoms with E-state index in [4.69, 9.17) is 4.98 Å². The summed E-state index contributed by atoms with van der Waals surface area (Å²) in [5.74, 6) is 0.209. The molecule has 5 nitrogen and oxygen atoms in total. The molecule has 0 fully saturated rings. The summed E-state index contributed by atoms with van der Waals surface area (Å²) in [7, 11) is 0. The van der Waals surface area contributed by atoms with Crippen molar-refractivity contribution in [2.75, 3.05) is 11.1 Å². The molecule has 30 heavy (non-hydrogen) atoms. The van der Waals surface area contributed by atoms with Crippen molar-refractivity contribution in [2.45, 2.75) is 32.2 Å². The van der Waals surface area contributed by atoms with E-state index in [9.17, 15) is 10.1 Å². The van der Waals surface area contributed by atoms with Gasteiger partial charge < -0.3 is 5.32 Å². The first-order chi connectivity index (χ1) is 14.5. The molecule has 0 spiro atoms. The van der Waals surface area contributed by atoms with E-state index in [2.05, 4.69) is 18.3 Å². The summed E-state index contributed by atoms with van der Waals surface area (Å²) in [6.07, 6.45) is 0.769. The third-order valence-electron chi connectivity index (χ3n) is 5.18. The molecule has 0 unspecified atom stereocenters. The number of hydrogen-bond donors (Lipinski definition) is 1. The van der Waals surface area contributed by atoms with Crippen molar-refractivity contribution in [1.29, 1.82) is 5.26 Å². The summed E-state index contributed by atoms with van der Waals surface area (Å²) in [6, 6.07) is 18.0. The molecule has 4 rings (SSSR count). The van der Waals surface area contributed by atoms with Crippen LogP contribution in [-0.2, 0) is 11.2 Å². The average Bonchev–Trinajstić information content (AvgIpc) is 3.11. The maximum Gasteiger partial charge on any atom is 0.234 e. The Hall–Kier alpha value is -3.30. The standard InChI is InChI=1S/C24H22N4OS/c1-4-18-16(3)19(13-25)23-27-20-10-5-6-11-21(20)28(23)24(18)30-14-22(29)26-17-9-7-8-15(2)12-17/h5-12H,4,14H2,1-3H3,(H,26,29). The number of nitrogens with zero attached hydrogens (tertiary/aromatic N) is 3. The molecule has 1 N–H and O–H groups in total. The van der Waals surface area contributed by atoms with Crippen molar-refractivity contribution in [3.05, 3.63) is 70.8 Å². The van der Waals surface area contributed by atoms with E-state index in [1.54, 1.807) is 0 Å². The summed E-state index contributed by atoms with van der Waals surface area (Å²) < 4.78 is 2.03. The number of carbonyl (C=O) groups excluding carboxylic acids is 1. The lowest BCUT2D eigenvalue weighted by atomic mass is 10.0. The minimum absolute atomic E-state index is 0.0627. The molecule has 0 aliphatic heterocycles. The number of imidazole rings is 1. The quantitative estimate of drug-likeness (QED) is 0.452. The Labute approximate surface area is 179 Å². The highest BCUT2D eigenvalue weighted by molar-refractivity contribution is 8.00. The summed E-state index contributed by atoms with van der Waals surface area (Å²) in [5.41, 5.74) is 6.94. The highest BCUT2D eigenvalue weighted by atomic mass is 32.2. The van der Waals surface area contributed by atoms with Gasteiger partial charge in [0.15, 0.2) is 5.65 Å². The molecule has 0 saturated heterocycles. The molecule has 1 amide bonds. The Morgan fingerprint density at radius 1 is 1.20 bits per heavy atom. The van der Waals surface area contributed by atoms with Gasteiger partial charge in [-0.1, -0.05) is 43.0 Å². The third-order valence-corrected chi connectivity index (χ3v) is 6.29. The van der Waals surface area contributed by atoms with Gasteiger partial charge in [0.05, 0.1) is 27.4 Å². The van der Waals surface area contributed by atoms with Gasteiger partial charge in [0.2, 0.25) is 5.91 Å². The SMILES string of the molecule is CCc1c(C)c(C#N)c2nc3ccccc3n2c1SCC(=O)Nc1cccc(C)c1. The van der Waals surface area contributed by atoms with Crippen LogP contribution in [0.2, 0.25) is 0 Å². The van der Waals surface area contributed by atoms with Crippen molar-refractivity contribution >= 4 is 40.0 Å². The molecule has 0 atom stereocenters. The van der Waals surface area contributed by atoms with Gasteiger partial charge >= 0.3 is 0 Å². The first kappa shape index (κ1) is 20.0. The molecule has 2 aromatic carbocycles. The van der Waals surface area contributed by atoms with E-state index in [1.165, 1.54) is 11.8 Å². The van der Waals surface area contributed by atoms with Crippen molar-refractivity contribution in [2.24, 2.45) is 0 Å². The lowest BCUT2D eigenvalue weighted by Gasteiger charge is -2.16. The molecule has 0 radical (unpaired) electrons. The van der Waals surface area contributed by atoms with E-state index in [0.717, 1.165) is 44.9 Å². The summed E-state index contributed by atoms with van der Waals surface area (Å²) in [4.78, 5) is 17.3. The summed E-state index contributed by atoms with van der Waals surface area (Å²) in [5, 5.41) is 13.7. The number of aromatic nitrogens is 2. The topological polar surface area (TPSA) is 70.2 Å². The normalized spacial score (nSPS) is 11.0. The van der Waals surface area contributed by atoms with Gasteiger partial charge in [-0.05, 0) is 61.2 Å². The smallest absolute Gasteiger partial charge is 0.234 e. The number of amides is 1. The predicted octanol–water partition coefficient (Wildman–Crippen LogP) is 5.27. The molecule has 150 valence electrons. The molecule has 0 bridgehead atoms. The first-order valence-electron chi connectivity index (χ1n) is 9.85. The van der Waals surface area contributed by atoms with Crippen LogP contribution < -0.4 is 5.32 Å². The van der Waals surface area contributed by atoms with Crippen LogP contribution in [0, 0.1) is 25.2 Å². The van der Waals surface area contributed by atoms with E-state index in [1.807, 2.05) is 66.8 Å². The van der Waals surface area contributed by atoms with Gasteiger partial charge in [0.1, 0.15) is 6.07 Å². The third kappa shape index (κ3) is 3.53. The number of thioether (sulfide) groups is 1. The fourth-order valence-electron chi connectivity index (χ4n) is 3.77. The zero-order valence-corrected chi connectivity index (χ0v) is 18.0. The number of rotatable bonds is 5. The number of benzene rings is 2. The molecule has 4 aromatic rings. The van der Waals surface area contributed by atoms with Crippen LogP contribution in [0.25, 0.3) is 16.7 Å². The Kier molecular flexibility index (Phi) is 5.47. The van der Waals surface area contributed by atoms with Gasteiger partial charge in [-0.25, -0.2) is 4.98 Å². The maximum absolute atomic E-state index is 12.6. The van der Waals surface area contributed by atoms with Crippen LogP contribution in [0.15, 0.2) is 53.6 Å². The fraction of sp³-hybridized carbons (Fsp3) is 0.208. The molecular formula is C24H22N4OS. The number of pyridine rings is 1. The van der Waals surface area contributed by atoms with Gasteiger partial charge in [-0.3, -0.25) is 9.20 Å². The number of fused-ring (bicyclic) bond motifs is 3. The Morgan fingerprint density at radius 2 is 2.00 bits per heavy atom. The number of carbonyl (C=O) groups is 1. The maximum atomic E-state index is 12.6. The predicted molar refractivity (Wildman–Crippen MR) is 122 cm³/mol. The largest absolute Gasteiger partial charge is 0.325 e. The number of nitriles is 1. The lowest BCUT2D eigenvalue weighted by molar-refractivity contribution is -0.113. The van der Waals surface area contributed by atoms with Gasteiger partial charge in [0, 0.05) is 5.69 Å². The molecular weight excluding hydrogens is 392 g/mol. The number of nitrogens with one attached hydrogen (secondary N) is 1. The Bertz CT molecular complexity index is 1320. The number of hydrogen-bond acceptors (Lipinski definition) is 4.